The number of hydrogen-bond acceptors (Lipinski definition) is 4. The van der Waals surface area contributed by atoms with E-state index in [1.54, 1.807) is 0 Å². The summed E-state index contributed by atoms with van der Waals surface area (Å²) in [5, 5.41) is 0.505. The van der Waals surface area contributed by atoms with Crippen molar-refractivity contribution in [1.29, 1.82) is 0 Å². The van der Waals surface area contributed by atoms with Crippen LogP contribution in [-0.4, -0.2) is 48.1 Å². The lowest BCUT2D eigenvalue weighted by molar-refractivity contribution is 0.311. The van der Waals surface area contributed by atoms with Crippen LogP contribution in [0, 0.1) is 0 Å². The Labute approximate surface area is 115 Å². The number of aryl methyl sites for hydroxylation is 1. The molecule has 0 bridgehead atoms. The van der Waals surface area contributed by atoms with Gasteiger partial charge in [-0.15, -0.1) is 0 Å². The molecule has 0 unspecified atom stereocenters. The Kier molecular flexibility index (Phi) is 4.22. The first-order valence-corrected chi connectivity index (χ1v) is 6.94. The molecule has 1 saturated heterocycles. The minimum atomic E-state index is 0.505. The number of anilines is 1. The van der Waals surface area contributed by atoms with Gasteiger partial charge < -0.3 is 9.80 Å². The van der Waals surface area contributed by atoms with Gasteiger partial charge in [0.05, 0.1) is 10.2 Å². The Morgan fingerprint density at radius 3 is 2.47 bits per heavy atom. The largest absolute Gasteiger partial charge is 0.338 e. The average Bonchev–Trinajstić information content (AvgIpc) is 2.33. The summed E-state index contributed by atoms with van der Waals surface area (Å²) in [6.07, 6.45) is 0.851. The molecule has 2 heterocycles. The summed E-state index contributed by atoms with van der Waals surface area (Å²) in [4.78, 5) is 13.4. The van der Waals surface area contributed by atoms with E-state index in [1.807, 2.05) is 0 Å². The fourth-order valence-electron chi connectivity index (χ4n) is 1.83. The molecular weight excluding hydrogens is 304 g/mol. The quantitative estimate of drug-likeness (QED) is 0.782. The van der Waals surface area contributed by atoms with Gasteiger partial charge >= 0.3 is 0 Å². The van der Waals surface area contributed by atoms with Crippen LogP contribution >= 0.6 is 27.5 Å². The molecule has 0 spiro atoms. The Balaban J connectivity index is 2.24. The van der Waals surface area contributed by atoms with E-state index in [4.69, 9.17) is 11.6 Å². The number of piperazine rings is 1. The predicted octanol–water partition coefficient (Wildman–Crippen LogP) is 2.21. The Morgan fingerprint density at radius 1 is 1.24 bits per heavy atom. The van der Waals surface area contributed by atoms with Crippen molar-refractivity contribution in [1.82, 2.24) is 14.9 Å². The third-order valence-electron chi connectivity index (χ3n) is 2.99. The van der Waals surface area contributed by atoms with Crippen LogP contribution in [0.1, 0.15) is 12.6 Å². The number of likely N-dealkylation sites (N-methyl/N-ethyl adjacent to an activating group) is 1. The summed E-state index contributed by atoms with van der Waals surface area (Å²) in [5.41, 5.74) is 0.971. The molecule has 0 aliphatic carbocycles. The number of aromatic nitrogens is 2. The molecule has 1 aromatic heterocycles. The lowest BCUT2D eigenvalue weighted by atomic mass is 10.3. The summed E-state index contributed by atoms with van der Waals surface area (Å²) in [6, 6.07) is 0. The Morgan fingerprint density at radius 2 is 1.88 bits per heavy atom. The Hall–Kier alpha value is -0.390. The van der Waals surface area contributed by atoms with E-state index in [-0.39, 0.29) is 0 Å². The van der Waals surface area contributed by atoms with Crippen molar-refractivity contribution in [2.45, 2.75) is 13.3 Å². The van der Waals surface area contributed by atoms with Crippen molar-refractivity contribution in [3.05, 3.63) is 15.3 Å². The Bertz CT molecular complexity index is 405. The smallest absolute Gasteiger partial charge is 0.227 e. The van der Waals surface area contributed by atoms with Crippen molar-refractivity contribution in [2.75, 3.05) is 38.1 Å². The van der Waals surface area contributed by atoms with Crippen molar-refractivity contribution >= 4 is 33.5 Å². The normalized spacial score (nSPS) is 17.5. The molecule has 17 heavy (non-hydrogen) atoms. The lowest BCUT2D eigenvalue weighted by Crippen LogP contribution is -2.45. The van der Waals surface area contributed by atoms with Gasteiger partial charge in [-0.05, 0) is 29.4 Å². The highest BCUT2D eigenvalue weighted by Gasteiger charge is 2.18. The van der Waals surface area contributed by atoms with E-state index in [9.17, 15) is 0 Å². The monoisotopic (exact) mass is 318 g/mol. The van der Waals surface area contributed by atoms with Crippen molar-refractivity contribution in [2.24, 2.45) is 0 Å². The summed E-state index contributed by atoms with van der Waals surface area (Å²) in [5.74, 6) is 0.753. The average molecular weight is 320 g/mol. The maximum Gasteiger partial charge on any atom is 0.227 e. The molecule has 1 aliphatic heterocycles. The second kappa shape index (κ2) is 5.50. The minimum absolute atomic E-state index is 0.505. The molecule has 1 aliphatic rings. The van der Waals surface area contributed by atoms with E-state index in [1.165, 1.54) is 0 Å². The van der Waals surface area contributed by atoms with Crippen LogP contribution in [0.15, 0.2) is 4.47 Å². The molecule has 0 atom stereocenters. The van der Waals surface area contributed by atoms with E-state index in [0.29, 0.717) is 5.15 Å². The first-order valence-electron chi connectivity index (χ1n) is 5.77. The molecule has 0 aromatic carbocycles. The highest BCUT2D eigenvalue weighted by Crippen LogP contribution is 2.26. The van der Waals surface area contributed by atoms with Gasteiger partial charge in [0.25, 0.3) is 0 Å². The van der Waals surface area contributed by atoms with Crippen LogP contribution in [0.3, 0.4) is 0 Å². The van der Waals surface area contributed by atoms with Gasteiger partial charge in [0.2, 0.25) is 5.95 Å². The van der Waals surface area contributed by atoms with Crippen LogP contribution in [0.2, 0.25) is 5.15 Å². The van der Waals surface area contributed by atoms with Crippen molar-refractivity contribution in [3.63, 3.8) is 0 Å². The summed E-state index contributed by atoms with van der Waals surface area (Å²) < 4.78 is 0.819. The number of nitrogens with zero attached hydrogens (tertiary/aromatic N) is 4. The maximum absolute atomic E-state index is 6.11. The molecule has 6 heteroatoms. The maximum atomic E-state index is 6.11. The first kappa shape index (κ1) is 13.1. The second-order valence-electron chi connectivity index (χ2n) is 4.22. The van der Waals surface area contributed by atoms with Gasteiger partial charge in [0.1, 0.15) is 5.15 Å². The second-order valence-corrected chi connectivity index (χ2v) is 5.37. The van der Waals surface area contributed by atoms with Crippen molar-refractivity contribution < 1.29 is 0 Å². The van der Waals surface area contributed by atoms with E-state index >= 15 is 0 Å². The number of rotatable bonds is 2. The van der Waals surface area contributed by atoms with Crippen LogP contribution in [0.4, 0.5) is 5.95 Å². The molecular formula is C11H16BrClN4. The van der Waals surface area contributed by atoms with Crippen molar-refractivity contribution in [3.8, 4) is 0 Å². The zero-order valence-corrected chi connectivity index (χ0v) is 12.4. The molecule has 0 N–H and O–H groups in total. The van der Waals surface area contributed by atoms with Gasteiger partial charge in [0.15, 0.2) is 0 Å². The van der Waals surface area contributed by atoms with E-state index < -0.39 is 0 Å². The van der Waals surface area contributed by atoms with Gasteiger partial charge in [-0.3, -0.25) is 0 Å². The topological polar surface area (TPSA) is 32.3 Å². The molecule has 0 radical (unpaired) electrons. The zero-order chi connectivity index (χ0) is 12.4. The highest BCUT2D eigenvalue weighted by molar-refractivity contribution is 9.10. The number of halogens is 2. The van der Waals surface area contributed by atoms with Gasteiger partial charge in [-0.1, -0.05) is 18.5 Å². The highest BCUT2D eigenvalue weighted by atomic mass is 79.9. The minimum Gasteiger partial charge on any atom is -0.338 e. The van der Waals surface area contributed by atoms with Crippen LogP contribution in [0.5, 0.6) is 0 Å². The first-order chi connectivity index (χ1) is 8.11. The molecule has 2 rings (SSSR count). The van der Waals surface area contributed by atoms with Crippen LogP contribution in [-0.2, 0) is 6.42 Å². The van der Waals surface area contributed by atoms with Gasteiger partial charge in [-0.2, -0.15) is 4.98 Å². The number of hydrogen-bond donors (Lipinski definition) is 0. The third-order valence-corrected chi connectivity index (χ3v) is 4.32. The molecule has 0 saturated carbocycles. The molecule has 94 valence electrons. The van der Waals surface area contributed by atoms with Gasteiger partial charge in [0, 0.05) is 26.2 Å². The molecule has 4 nitrogen and oxygen atoms in total. The summed E-state index contributed by atoms with van der Waals surface area (Å²) in [7, 11) is 2.13. The van der Waals surface area contributed by atoms with E-state index in [0.717, 1.165) is 48.7 Å². The predicted molar refractivity (Wildman–Crippen MR) is 73.8 cm³/mol. The van der Waals surface area contributed by atoms with Gasteiger partial charge in [-0.25, -0.2) is 4.98 Å². The summed E-state index contributed by atoms with van der Waals surface area (Å²) in [6.45, 7) is 6.06. The fraction of sp³-hybridized carbons (Fsp3) is 0.636. The molecule has 0 amide bonds. The zero-order valence-electron chi connectivity index (χ0n) is 10.1. The lowest BCUT2D eigenvalue weighted by Gasteiger charge is -2.32. The van der Waals surface area contributed by atoms with Crippen LogP contribution < -0.4 is 4.90 Å². The molecule has 1 fully saturated rings. The fourth-order valence-corrected chi connectivity index (χ4v) is 2.48. The molecule has 1 aromatic rings. The standard InChI is InChI=1S/C11H16BrClN4/c1-3-8-9(12)10(13)15-11(14-8)17-6-4-16(2)5-7-17/h3-7H2,1-2H3. The third kappa shape index (κ3) is 2.89. The van der Waals surface area contributed by atoms with Crippen LogP contribution in [0.25, 0.3) is 0 Å². The SMILES string of the molecule is CCc1nc(N2CCN(C)CC2)nc(Cl)c1Br. The summed E-state index contributed by atoms with van der Waals surface area (Å²) >= 11 is 9.53. The van der Waals surface area contributed by atoms with E-state index in [2.05, 4.69) is 49.7 Å².